The summed E-state index contributed by atoms with van der Waals surface area (Å²) >= 11 is 5.89. The molecular weight excluding hydrogens is 226 g/mol. The smallest absolute Gasteiger partial charge is 0.261 e. The fourth-order valence-corrected chi connectivity index (χ4v) is 2.08. The number of benzene rings is 1. The maximum absolute atomic E-state index is 11.8. The zero-order valence-corrected chi connectivity index (χ0v) is 9.46. The van der Waals surface area contributed by atoms with Gasteiger partial charge in [-0.05, 0) is 36.6 Å². The van der Waals surface area contributed by atoms with Gasteiger partial charge in [0, 0.05) is 17.5 Å². The van der Waals surface area contributed by atoms with Gasteiger partial charge in [0.05, 0.1) is 0 Å². The monoisotopic (exact) mass is 237 g/mol. The molecule has 1 amide bonds. The van der Waals surface area contributed by atoms with E-state index in [9.17, 15) is 4.79 Å². The number of nitrogens with one attached hydrogen (secondary N) is 1. The van der Waals surface area contributed by atoms with Gasteiger partial charge in [0.2, 0.25) is 0 Å². The molecular formula is C12H12ClNO2. The number of halogens is 1. The van der Waals surface area contributed by atoms with E-state index in [4.69, 9.17) is 16.3 Å². The Morgan fingerprint density at radius 2 is 2.25 bits per heavy atom. The maximum Gasteiger partial charge on any atom is 0.261 e. The minimum atomic E-state index is -0.380. The third-order valence-electron chi connectivity index (χ3n) is 2.91. The van der Waals surface area contributed by atoms with Crippen LogP contribution in [-0.4, -0.2) is 18.1 Å². The van der Waals surface area contributed by atoms with Gasteiger partial charge >= 0.3 is 0 Å². The van der Waals surface area contributed by atoms with Crippen molar-refractivity contribution in [1.82, 2.24) is 5.32 Å². The van der Waals surface area contributed by atoms with Crippen LogP contribution in [0.3, 0.4) is 0 Å². The molecule has 1 saturated carbocycles. The van der Waals surface area contributed by atoms with Crippen LogP contribution in [0.2, 0.25) is 5.02 Å². The van der Waals surface area contributed by atoms with E-state index in [1.54, 1.807) is 6.07 Å². The van der Waals surface area contributed by atoms with E-state index in [1.807, 2.05) is 12.1 Å². The molecule has 16 heavy (non-hydrogen) atoms. The number of fused-ring (bicyclic) bond motifs is 1. The van der Waals surface area contributed by atoms with Crippen molar-refractivity contribution in [1.29, 1.82) is 0 Å². The number of carbonyl (C=O) groups excluding carboxylic acids is 1. The molecule has 1 atom stereocenters. The molecule has 2 aliphatic rings. The van der Waals surface area contributed by atoms with Gasteiger partial charge in [-0.25, -0.2) is 0 Å². The second kappa shape index (κ2) is 3.67. The molecule has 1 aliphatic heterocycles. The van der Waals surface area contributed by atoms with E-state index in [1.165, 1.54) is 0 Å². The first-order valence-electron chi connectivity index (χ1n) is 5.48. The standard InChI is InChI=1S/C12H12ClNO2/c13-8-1-4-10-7(5-8)6-11(16-10)12(15)14-9-2-3-9/h1,4-5,9,11H,2-3,6H2,(H,14,15)/t11-/m0/s1. The summed E-state index contributed by atoms with van der Waals surface area (Å²) in [6, 6.07) is 5.84. The van der Waals surface area contributed by atoms with Gasteiger partial charge in [0.25, 0.3) is 5.91 Å². The van der Waals surface area contributed by atoms with Gasteiger partial charge in [0.15, 0.2) is 6.10 Å². The molecule has 1 aromatic rings. The average molecular weight is 238 g/mol. The van der Waals surface area contributed by atoms with Gasteiger partial charge in [-0.1, -0.05) is 11.6 Å². The number of amides is 1. The molecule has 0 saturated heterocycles. The SMILES string of the molecule is O=C(NC1CC1)[C@@H]1Cc2cc(Cl)ccc2O1. The van der Waals surface area contributed by atoms with Crippen molar-refractivity contribution in [3.63, 3.8) is 0 Å². The summed E-state index contributed by atoms with van der Waals surface area (Å²) in [6.45, 7) is 0. The third-order valence-corrected chi connectivity index (χ3v) is 3.15. The van der Waals surface area contributed by atoms with E-state index < -0.39 is 0 Å². The zero-order chi connectivity index (χ0) is 11.1. The molecule has 84 valence electrons. The molecule has 1 heterocycles. The Kier molecular flexibility index (Phi) is 2.28. The highest BCUT2D eigenvalue weighted by atomic mass is 35.5. The number of carbonyl (C=O) groups is 1. The van der Waals surface area contributed by atoms with Crippen LogP contribution in [0.25, 0.3) is 0 Å². The molecule has 0 spiro atoms. The fraction of sp³-hybridized carbons (Fsp3) is 0.417. The lowest BCUT2D eigenvalue weighted by molar-refractivity contribution is -0.127. The number of rotatable bonds is 2. The van der Waals surface area contributed by atoms with Crippen molar-refractivity contribution >= 4 is 17.5 Å². The summed E-state index contributed by atoms with van der Waals surface area (Å²) in [7, 11) is 0. The van der Waals surface area contributed by atoms with Crippen LogP contribution in [0.15, 0.2) is 18.2 Å². The number of ether oxygens (including phenoxy) is 1. The Labute approximate surface area is 98.7 Å². The Bertz CT molecular complexity index is 443. The minimum Gasteiger partial charge on any atom is -0.480 e. The predicted molar refractivity (Wildman–Crippen MR) is 60.7 cm³/mol. The largest absolute Gasteiger partial charge is 0.480 e. The van der Waals surface area contributed by atoms with E-state index in [0.29, 0.717) is 17.5 Å². The van der Waals surface area contributed by atoms with Crippen LogP contribution in [0.5, 0.6) is 5.75 Å². The van der Waals surface area contributed by atoms with Crippen LogP contribution >= 0.6 is 11.6 Å². The Morgan fingerprint density at radius 3 is 3.00 bits per heavy atom. The summed E-state index contributed by atoms with van der Waals surface area (Å²) in [6.07, 6.45) is 2.43. The average Bonchev–Trinajstić information content (AvgIpc) is 2.95. The van der Waals surface area contributed by atoms with Crippen LogP contribution in [0.4, 0.5) is 0 Å². The molecule has 1 aliphatic carbocycles. The Balaban J connectivity index is 1.71. The summed E-state index contributed by atoms with van der Waals surface area (Å²) in [5.74, 6) is 0.773. The first-order chi connectivity index (χ1) is 7.72. The summed E-state index contributed by atoms with van der Waals surface area (Å²) in [4.78, 5) is 11.8. The van der Waals surface area contributed by atoms with Crippen molar-refractivity contribution in [3.8, 4) is 5.75 Å². The molecule has 0 unspecified atom stereocenters. The highest BCUT2D eigenvalue weighted by Gasteiger charge is 2.32. The van der Waals surface area contributed by atoms with E-state index >= 15 is 0 Å². The predicted octanol–water partition coefficient (Wildman–Crippen LogP) is 1.92. The molecule has 3 rings (SSSR count). The third kappa shape index (κ3) is 1.87. The highest BCUT2D eigenvalue weighted by Crippen LogP contribution is 2.31. The summed E-state index contributed by atoms with van der Waals surface area (Å²) in [5, 5.41) is 3.63. The lowest BCUT2D eigenvalue weighted by Gasteiger charge is -2.10. The van der Waals surface area contributed by atoms with Crippen molar-refractivity contribution in [2.24, 2.45) is 0 Å². The lowest BCUT2D eigenvalue weighted by Crippen LogP contribution is -2.38. The van der Waals surface area contributed by atoms with Crippen molar-refractivity contribution in [3.05, 3.63) is 28.8 Å². The first kappa shape index (κ1) is 9.97. The first-order valence-corrected chi connectivity index (χ1v) is 5.85. The Hall–Kier alpha value is -1.22. The van der Waals surface area contributed by atoms with Gasteiger partial charge in [-0.3, -0.25) is 4.79 Å². The van der Waals surface area contributed by atoms with Gasteiger partial charge < -0.3 is 10.1 Å². The molecule has 4 heteroatoms. The summed E-state index contributed by atoms with van der Waals surface area (Å²) < 4.78 is 5.58. The fourth-order valence-electron chi connectivity index (χ4n) is 1.89. The van der Waals surface area contributed by atoms with Crippen molar-refractivity contribution in [2.75, 3.05) is 0 Å². The van der Waals surface area contributed by atoms with Crippen molar-refractivity contribution < 1.29 is 9.53 Å². The van der Waals surface area contributed by atoms with Crippen molar-refractivity contribution in [2.45, 2.75) is 31.4 Å². The van der Waals surface area contributed by atoms with E-state index in [-0.39, 0.29) is 12.0 Å². The topological polar surface area (TPSA) is 38.3 Å². The maximum atomic E-state index is 11.8. The molecule has 0 aromatic heterocycles. The molecule has 1 aromatic carbocycles. The molecule has 1 fully saturated rings. The quantitative estimate of drug-likeness (QED) is 0.854. The number of hydrogen-bond donors (Lipinski definition) is 1. The second-order valence-corrected chi connectivity index (χ2v) is 4.78. The summed E-state index contributed by atoms with van der Waals surface area (Å²) in [5.41, 5.74) is 1.02. The Morgan fingerprint density at radius 1 is 1.44 bits per heavy atom. The minimum absolute atomic E-state index is 0.00479. The molecule has 0 bridgehead atoms. The van der Waals surface area contributed by atoms with Gasteiger partial charge in [-0.15, -0.1) is 0 Å². The normalized spacial score (nSPS) is 22.4. The molecule has 1 N–H and O–H groups in total. The van der Waals surface area contributed by atoms with Crippen LogP contribution in [0.1, 0.15) is 18.4 Å². The molecule has 0 radical (unpaired) electrons. The van der Waals surface area contributed by atoms with Gasteiger partial charge in [0.1, 0.15) is 5.75 Å². The van der Waals surface area contributed by atoms with Gasteiger partial charge in [-0.2, -0.15) is 0 Å². The van der Waals surface area contributed by atoms with Crippen LogP contribution < -0.4 is 10.1 Å². The zero-order valence-electron chi connectivity index (χ0n) is 8.70. The van der Waals surface area contributed by atoms with E-state index in [0.717, 1.165) is 24.2 Å². The van der Waals surface area contributed by atoms with E-state index in [2.05, 4.69) is 5.32 Å². The highest BCUT2D eigenvalue weighted by molar-refractivity contribution is 6.30. The van der Waals surface area contributed by atoms with Crippen LogP contribution in [-0.2, 0) is 11.2 Å². The van der Waals surface area contributed by atoms with Crippen LogP contribution in [0, 0.1) is 0 Å². The lowest BCUT2D eigenvalue weighted by atomic mass is 10.1. The number of hydrogen-bond acceptors (Lipinski definition) is 2. The molecule has 3 nitrogen and oxygen atoms in total. The second-order valence-electron chi connectivity index (χ2n) is 4.35.